The maximum atomic E-state index is 14.1. The van der Waals surface area contributed by atoms with Gasteiger partial charge in [0.25, 0.3) is 5.56 Å². The smallest absolute Gasteiger partial charge is 0.297 e. The third kappa shape index (κ3) is 3.29. The summed E-state index contributed by atoms with van der Waals surface area (Å²) in [5, 5.41) is 0. The van der Waals surface area contributed by atoms with Gasteiger partial charge in [0.1, 0.15) is 11.4 Å². The molecule has 0 aliphatic rings. The molecular weight excluding hydrogens is 414 g/mol. The lowest BCUT2D eigenvalue weighted by Gasteiger charge is -2.16. The lowest BCUT2D eigenvalue weighted by Crippen LogP contribution is -2.43. The highest BCUT2D eigenvalue weighted by molar-refractivity contribution is 14.1. The van der Waals surface area contributed by atoms with Gasteiger partial charge in [-0.2, -0.15) is 0 Å². The van der Waals surface area contributed by atoms with Gasteiger partial charge < -0.3 is 0 Å². The van der Waals surface area contributed by atoms with Crippen molar-refractivity contribution in [2.24, 2.45) is 7.05 Å². The summed E-state index contributed by atoms with van der Waals surface area (Å²) < 4.78 is 17.1. The first-order valence-electron chi connectivity index (χ1n) is 7.05. The summed E-state index contributed by atoms with van der Waals surface area (Å²) in [4.78, 5) is 36.5. The zero-order chi connectivity index (χ0) is 17.3. The molecule has 0 saturated heterocycles. The van der Waals surface area contributed by atoms with Crippen molar-refractivity contribution in [3.8, 4) is 0 Å². The molecule has 0 saturated carbocycles. The van der Waals surface area contributed by atoms with Crippen molar-refractivity contribution in [1.82, 2.24) is 9.13 Å². The van der Waals surface area contributed by atoms with Crippen LogP contribution in [0.5, 0.6) is 0 Å². The van der Waals surface area contributed by atoms with Crippen LogP contribution in [0.3, 0.4) is 0 Å². The van der Waals surface area contributed by atoms with E-state index < -0.39 is 22.8 Å². The molecule has 2 aromatic rings. The van der Waals surface area contributed by atoms with Crippen molar-refractivity contribution in [3.63, 3.8) is 0 Å². The van der Waals surface area contributed by atoms with E-state index in [0.717, 1.165) is 8.14 Å². The summed E-state index contributed by atoms with van der Waals surface area (Å²) in [6, 6.07) is 4.71. The Labute approximate surface area is 145 Å². The predicted octanol–water partition coefficient (Wildman–Crippen LogP) is 2.10. The van der Waals surface area contributed by atoms with E-state index in [1.54, 1.807) is 19.1 Å². The van der Waals surface area contributed by atoms with E-state index in [4.69, 9.17) is 0 Å². The number of rotatable bonds is 4. The lowest BCUT2D eigenvalue weighted by molar-refractivity contribution is 0.101. The maximum Gasteiger partial charge on any atom is 0.330 e. The van der Waals surface area contributed by atoms with Crippen LogP contribution in [-0.2, 0) is 20.0 Å². The minimum Gasteiger partial charge on any atom is -0.297 e. The number of carbonyl (C=O) groups excluding carboxylic acids is 1. The number of hydrogen-bond acceptors (Lipinski definition) is 3. The molecule has 0 spiro atoms. The Bertz CT molecular complexity index is 899. The normalized spacial score (nSPS) is 10.8. The van der Waals surface area contributed by atoms with Crippen LogP contribution in [-0.4, -0.2) is 14.9 Å². The van der Waals surface area contributed by atoms with E-state index in [1.165, 1.54) is 24.6 Å². The van der Waals surface area contributed by atoms with Crippen LogP contribution in [0.4, 0.5) is 4.39 Å². The fourth-order valence-electron chi connectivity index (χ4n) is 2.52. The largest absolute Gasteiger partial charge is 0.330 e. The lowest BCUT2D eigenvalue weighted by atomic mass is 10.0. The van der Waals surface area contributed by atoms with E-state index in [9.17, 15) is 18.8 Å². The van der Waals surface area contributed by atoms with Gasteiger partial charge in [-0.15, -0.1) is 0 Å². The molecular formula is C16H16FIN2O3. The van der Waals surface area contributed by atoms with E-state index in [1.807, 2.05) is 22.6 Å². The fraction of sp³-hybridized carbons (Fsp3) is 0.312. The molecule has 1 aromatic heterocycles. The third-order valence-electron chi connectivity index (χ3n) is 3.69. The van der Waals surface area contributed by atoms with Gasteiger partial charge in [0, 0.05) is 29.3 Å². The molecule has 23 heavy (non-hydrogen) atoms. The van der Waals surface area contributed by atoms with Crippen molar-refractivity contribution < 1.29 is 9.18 Å². The highest BCUT2D eigenvalue weighted by atomic mass is 127. The van der Waals surface area contributed by atoms with Gasteiger partial charge in [-0.25, -0.2) is 9.18 Å². The molecule has 1 heterocycles. The summed E-state index contributed by atoms with van der Waals surface area (Å²) >= 11 is 2.00. The van der Waals surface area contributed by atoms with Gasteiger partial charge in [-0.05, 0) is 54.1 Å². The average molecular weight is 430 g/mol. The predicted molar refractivity (Wildman–Crippen MR) is 93.5 cm³/mol. The Hall–Kier alpha value is -1.77. The van der Waals surface area contributed by atoms with Gasteiger partial charge in [0.15, 0.2) is 5.78 Å². The average Bonchev–Trinajstić information content (AvgIpc) is 2.48. The third-order valence-corrected chi connectivity index (χ3v) is 4.36. The van der Waals surface area contributed by atoms with Crippen LogP contribution in [0.15, 0.2) is 27.8 Å². The Kier molecular flexibility index (Phi) is 5.18. The highest BCUT2D eigenvalue weighted by Gasteiger charge is 2.21. The summed E-state index contributed by atoms with van der Waals surface area (Å²) in [5.74, 6) is -0.865. The molecule has 5 nitrogen and oxygen atoms in total. The Balaban J connectivity index is 2.76. The first-order valence-corrected chi connectivity index (χ1v) is 8.13. The van der Waals surface area contributed by atoms with Gasteiger partial charge in [0.2, 0.25) is 0 Å². The number of Topliss-reactive ketones (excluding diaryl/α,β-unsaturated/α-hetero) is 1. The molecule has 0 atom stereocenters. The van der Waals surface area contributed by atoms with Gasteiger partial charge in [-0.1, -0.05) is 6.07 Å². The van der Waals surface area contributed by atoms with Crippen molar-refractivity contribution in [3.05, 3.63) is 65.2 Å². The zero-order valence-corrected chi connectivity index (χ0v) is 15.2. The Morgan fingerprint density at radius 2 is 1.96 bits per heavy atom. The summed E-state index contributed by atoms with van der Waals surface area (Å²) in [6.45, 7) is 3.30. The van der Waals surface area contributed by atoms with Crippen LogP contribution >= 0.6 is 22.6 Å². The fourth-order valence-corrected chi connectivity index (χ4v) is 2.97. The van der Waals surface area contributed by atoms with Crippen molar-refractivity contribution >= 4 is 28.4 Å². The minimum atomic E-state index is -0.645. The van der Waals surface area contributed by atoms with Crippen LogP contribution < -0.4 is 11.2 Å². The SMILES string of the molecule is CCn1c(Cc2ccc(I)cc2F)c(C(C)=O)c(=O)n(C)c1=O. The second-order valence-corrected chi connectivity index (χ2v) is 6.43. The molecule has 0 N–H and O–H groups in total. The van der Waals surface area contributed by atoms with Crippen LogP contribution in [0, 0.1) is 9.39 Å². The summed E-state index contributed by atoms with van der Waals surface area (Å²) in [5.41, 5.74) is -0.626. The maximum absolute atomic E-state index is 14.1. The molecule has 0 bridgehead atoms. The second kappa shape index (κ2) is 6.77. The highest BCUT2D eigenvalue weighted by Crippen LogP contribution is 2.17. The van der Waals surface area contributed by atoms with Gasteiger partial charge >= 0.3 is 5.69 Å². The van der Waals surface area contributed by atoms with E-state index in [-0.39, 0.29) is 24.2 Å². The quantitative estimate of drug-likeness (QED) is 0.552. The number of halogens is 2. The topological polar surface area (TPSA) is 61.1 Å². The first-order chi connectivity index (χ1) is 10.8. The first kappa shape index (κ1) is 17.6. The molecule has 0 aliphatic heterocycles. The molecule has 0 amide bonds. The molecule has 0 aliphatic carbocycles. The van der Waals surface area contributed by atoms with Crippen LogP contribution in [0.1, 0.15) is 35.5 Å². The Morgan fingerprint density at radius 1 is 1.30 bits per heavy atom. The molecule has 0 unspecified atom stereocenters. The number of nitrogens with zero attached hydrogens (tertiary/aromatic N) is 2. The zero-order valence-electron chi connectivity index (χ0n) is 13.0. The number of ketones is 1. The Morgan fingerprint density at radius 3 is 2.48 bits per heavy atom. The molecule has 0 fully saturated rings. The number of hydrogen-bond donors (Lipinski definition) is 0. The van der Waals surface area contributed by atoms with Crippen LogP contribution in [0.2, 0.25) is 0 Å². The molecule has 0 radical (unpaired) electrons. The van der Waals surface area contributed by atoms with Crippen molar-refractivity contribution in [2.75, 3.05) is 0 Å². The summed E-state index contributed by atoms with van der Waals surface area (Å²) in [6.07, 6.45) is 0.0107. The molecule has 2 rings (SSSR count). The van der Waals surface area contributed by atoms with Crippen molar-refractivity contribution in [1.29, 1.82) is 0 Å². The number of carbonyl (C=O) groups is 1. The van der Waals surface area contributed by atoms with Crippen molar-refractivity contribution in [2.45, 2.75) is 26.8 Å². The molecule has 1 aromatic carbocycles. The number of benzene rings is 1. The van der Waals surface area contributed by atoms with Gasteiger partial charge in [-0.3, -0.25) is 18.7 Å². The van der Waals surface area contributed by atoms with Crippen LogP contribution in [0.25, 0.3) is 0 Å². The van der Waals surface area contributed by atoms with Gasteiger partial charge in [0.05, 0.1) is 0 Å². The second-order valence-electron chi connectivity index (χ2n) is 5.18. The van der Waals surface area contributed by atoms with E-state index in [2.05, 4.69) is 0 Å². The van der Waals surface area contributed by atoms with E-state index in [0.29, 0.717) is 5.56 Å². The monoisotopic (exact) mass is 430 g/mol. The molecule has 7 heteroatoms. The molecule has 122 valence electrons. The summed E-state index contributed by atoms with van der Waals surface area (Å²) in [7, 11) is 1.33. The number of aromatic nitrogens is 2. The minimum absolute atomic E-state index is 0.0107. The standard InChI is InChI=1S/C16H16FIN2O3/c1-4-20-13(7-10-5-6-11(18)8-12(10)17)14(9(2)21)15(22)19(3)16(20)23/h5-6,8H,4,7H2,1-3H3. The van der Waals surface area contributed by atoms with E-state index >= 15 is 0 Å².